The third-order valence-corrected chi connectivity index (χ3v) is 4.23. The van der Waals surface area contributed by atoms with E-state index in [0.717, 1.165) is 16.2 Å². The second-order valence-corrected chi connectivity index (χ2v) is 5.76. The van der Waals surface area contributed by atoms with Crippen LogP contribution in [0.25, 0.3) is 10.2 Å². The molecule has 1 heterocycles. The van der Waals surface area contributed by atoms with Gasteiger partial charge in [-0.05, 0) is 30.3 Å². The summed E-state index contributed by atoms with van der Waals surface area (Å²) >= 11 is 7.76. The van der Waals surface area contributed by atoms with E-state index >= 15 is 0 Å². The second kappa shape index (κ2) is 5.49. The number of nitrogens with one attached hydrogen (secondary N) is 1. The highest BCUT2D eigenvalue weighted by Crippen LogP contribution is 2.25. The zero-order valence-electron chi connectivity index (χ0n) is 10.4. The van der Waals surface area contributed by atoms with Gasteiger partial charge >= 0.3 is 0 Å². The summed E-state index contributed by atoms with van der Waals surface area (Å²) in [6.07, 6.45) is 0. The Labute approximate surface area is 125 Å². The van der Waals surface area contributed by atoms with E-state index < -0.39 is 0 Å². The van der Waals surface area contributed by atoms with Crippen LogP contribution in [0.2, 0.25) is 5.02 Å². The van der Waals surface area contributed by atoms with E-state index in [2.05, 4.69) is 22.4 Å². The molecule has 2 aromatic carbocycles. The SMILES string of the molecule is N#Cc1ccc(Cl)c(NCc2nc3ccccc3s2)c1. The van der Waals surface area contributed by atoms with Crippen LogP contribution in [0.1, 0.15) is 10.6 Å². The van der Waals surface area contributed by atoms with Crippen molar-refractivity contribution < 1.29 is 0 Å². The Morgan fingerprint density at radius 2 is 2.10 bits per heavy atom. The molecule has 20 heavy (non-hydrogen) atoms. The van der Waals surface area contributed by atoms with Crippen molar-refractivity contribution >= 4 is 38.8 Å². The molecule has 0 aliphatic rings. The maximum atomic E-state index is 8.90. The number of benzene rings is 2. The summed E-state index contributed by atoms with van der Waals surface area (Å²) in [5, 5.41) is 13.7. The van der Waals surface area contributed by atoms with Gasteiger partial charge in [0.25, 0.3) is 0 Å². The molecule has 0 aliphatic carbocycles. The molecule has 3 nitrogen and oxygen atoms in total. The van der Waals surface area contributed by atoms with E-state index in [4.69, 9.17) is 16.9 Å². The molecule has 0 atom stereocenters. The van der Waals surface area contributed by atoms with Gasteiger partial charge in [-0.2, -0.15) is 5.26 Å². The predicted molar refractivity (Wildman–Crippen MR) is 83.1 cm³/mol. The quantitative estimate of drug-likeness (QED) is 0.778. The molecule has 0 amide bonds. The third kappa shape index (κ3) is 2.60. The summed E-state index contributed by atoms with van der Waals surface area (Å²) in [4.78, 5) is 4.55. The van der Waals surface area contributed by atoms with Gasteiger partial charge in [0.05, 0.1) is 39.1 Å². The molecule has 0 fully saturated rings. The van der Waals surface area contributed by atoms with E-state index in [-0.39, 0.29) is 0 Å². The van der Waals surface area contributed by atoms with Crippen molar-refractivity contribution in [3.63, 3.8) is 0 Å². The highest BCUT2D eigenvalue weighted by molar-refractivity contribution is 7.18. The first-order valence-corrected chi connectivity index (χ1v) is 7.24. The van der Waals surface area contributed by atoms with Gasteiger partial charge in [0.15, 0.2) is 0 Å². The lowest BCUT2D eigenvalue weighted by Crippen LogP contribution is -1.99. The number of fused-ring (bicyclic) bond motifs is 1. The van der Waals surface area contributed by atoms with Gasteiger partial charge in [-0.15, -0.1) is 11.3 Å². The van der Waals surface area contributed by atoms with Crippen LogP contribution in [0.4, 0.5) is 5.69 Å². The van der Waals surface area contributed by atoms with Crippen LogP contribution in [-0.4, -0.2) is 4.98 Å². The molecule has 0 saturated carbocycles. The number of hydrogen-bond donors (Lipinski definition) is 1. The zero-order chi connectivity index (χ0) is 13.9. The molecule has 0 radical (unpaired) electrons. The fourth-order valence-electron chi connectivity index (χ4n) is 1.90. The number of rotatable bonds is 3. The molecule has 0 aliphatic heterocycles. The van der Waals surface area contributed by atoms with Gasteiger partial charge in [0.1, 0.15) is 5.01 Å². The Hall–Kier alpha value is -2.09. The molecule has 0 unspecified atom stereocenters. The lowest BCUT2D eigenvalue weighted by Gasteiger charge is -2.06. The minimum atomic E-state index is 0.584. The maximum Gasteiger partial charge on any atom is 0.113 e. The molecule has 3 aromatic rings. The highest BCUT2D eigenvalue weighted by atomic mass is 35.5. The summed E-state index contributed by atoms with van der Waals surface area (Å²) in [6, 6.07) is 15.3. The Kier molecular flexibility index (Phi) is 3.55. The second-order valence-electron chi connectivity index (χ2n) is 4.24. The highest BCUT2D eigenvalue weighted by Gasteiger charge is 2.05. The molecule has 0 spiro atoms. The lowest BCUT2D eigenvalue weighted by molar-refractivity contribution is 1.12. The molecule has 0 saturated heterocycles. The molecule has 0 bridgehead atoms. The van der Waals surface area contributed by atoms with Crippen LogP contribution in [0.3, 0.4) is 0 Å². The summed E-state index contributed by atoms with van der Waals surface area (Å²) in [5.74, 6) is 0. The third-order valence-electron chi connectivity index (χ3n) is 2.86. The van der Waals surface area contributed by atoms with Crippen molar-refractivity contribution in [3.05, 3.63) is 58.1 Å². The molecule has 1 aromatic heterocycles. The number of anilines is 1. The van der Waals surface area contributed by atoms with Gasteiger partial charge in [-0.25, -0.2) is 4.98 Å². The number of para-hydroxylation sites is 1. The van der Waals surface area contributed by atoms with Crippen molar-refractivity contribution in [2.75, 3.05) is 5.32 Å². The van der Waals surface area contributed by atoms with Crippen molar-refractivity contribution in [3.8, 4) is 6.07 Å². The van der Waals surface area contributed by atoms with Crippen LogP contribution in [0.5, 0.6) is 0 Å². The first-order chi connectivity index (χ1) is 9.76. The summed E-state index contributed by atoms with van der Waals surface area (Å²) < 4.78 is 1.17. The lowest BCUT2D eigenvalue weighted by atomic mass is 10.2. The van der Waals surface area contributed by atoms with Crippen LogP contribution >= 0.6 is 22.9 Å². The number of hydrogen-bond acceptors (Lipinski definition) is 4. The van der Waals surface area contributed by atoms with Crippen molar-refractivity contribution in [1.29, 1.82) is 5.26 Å². The maximum absolute atomic E-state index is 8.90. The molecular weight excluding hydrogens is 290 g/mol. The van der Waals surface area contributed by atoms with Crippen LogP contribution in [-0.2, 0) is 6.54 Å². The number of thiazole rings is 1. The molecule has 3 rings (SSSR count). The van der Waals surface area contributed by atoms with Gasteiger partial charge < -0.3 is 5.32 Å². The summed E-state index contributed by atoms with van der Waals surface area (Å²) in [7, 11) is 0. The normalized spacial score (nSPS) is 10.4. The van der Waals surface area contributed by atoms with Crippen LogP contribution in [0, 0.1) is 11.3 Å². The Morgan fingerprint density at radius 1 is 1.25 bits per heavy atom. The van der Waals surface area contributed by atoms with E-state index in [9.17, 15) is 0 Å². The average molecular weight is 300 g/mol. The fraction of sp³-hybridized carbons (Fsp3) is 0.0667. The minimum absolute atomic E-state index is 0.584. The molecule has 1 N–H and O–H groups in total. The molecule has 5 heteroatoms. The topological polar surface area (TPSA) is 48.7 Å². The van der Waals surface area contributed by atoms with Gasteiger partial charge in [-0.3, -0.25) is 0 Å². The Balaban J connectivity index is 1.81. The standard InChI is InChI=1S/C15H10ClN3S/c16-11-6-5-10(8-17)7-13(11)18-9-15-19-12-3-1-2-4-14(12)20-15/h1-7,18H,9H2. The largest absolute Gasteiger partial charge is 0.377 e. The number of aromatic nitrogens is 1. The first-order valence-electron chi connectivity index (χ1n) is 6.04. The van der Waals surface area contributed by atoms with E-state index in [0.29, 0.717) is 17.1 Å². The van der Waals surface area contributed by atoms with Crippen molar-refractivity contribution in [2.24, 2.45) is 0 Å². The van der Waals surface area contributed by atoms with Crippen LogP contribution < -0.4 is 5.32 Å². The Morgan fingerprint density at radius 3 is 2.90 bits per heavy atom. The van der Waals surface area contributed by atoms with E-state index in [1.807, 2.05) is 18.2 Å². The Bertz CT molecular complexity index is 771. The number of nitriles is 1. The zero-order valence-corrected chi connectivity index (χ0v) is 12.0. The van der Waals surface area contributed by atoms with E-state index in [1.54, 1.807) is 29.5 Å². The molecular formula is C15H10ClN3S. The average Bonchev–Trinajstić information content (AvgIpc) is 2.89. The first kappa shape index (κ1) is 12.9. The predicted octanol–water partition coefficient (Wildman–Crippen LogP) is 4.43. The summed E-state index contributed by atoms with van der Waals surface area (Å²) in [5.41, 5.74) is 2.34. The molecule has 98 valence electrons. The van der Waals surface area contributed by atoms with Gasteiger partial charge in [0, 0.05) is 0 Å². The van der Waals surface area contributed by atoms with E-state index in [1.165, 1.54) is 4.70 Å². The fourth-order valence-corrected chi connectivity index (χ4v) is 2.99. The smallest absolute Gasteiger partial charge is 0.113 e. The minimum Gasteiger partial charge on any atom is -0.377 e. The summed E-state index contributed by atoms with van der Waals surface area (Å²) in [6.45, 7) is 0.591. The van der Waals surface area contributed by atoms with Crippen molar-refractivity contribution in [1.82, 2.24) is 4.98 Å². The van der Waals surface area contributed by atoms with Crippen molar-refractivity contribution in [2.45, 2.75) is 6.54 Å². The van der Waals surface area contributed by atoms with Crippen LogP contribution in [0.15, 0.2) is 42.5 Å². The van der Waals surface area contributed by atoms with Gasteiger partial charge in [0.2, 0.25) is 0 Å². The monoisotopic (exact) mass is 299 g/mol. The number of halogens is 1. The number of nitrogens with zero attached hydrogens (tertiary/aromatic N) is 2. The van der Waals surface area contributed by atoms with Gasteiger partial charge in [-0.1, -0.05) is 23.7 Å².